The molecule has 2 rings (SSSR count). The van der Waals surface area contributed by atoms with Crippen LogP contribution in [0.1, 0.15) is 10.4 Å². The first-order chi connectivity index (χ1) is 7.18. The molecule has 0 aliphatic carbocycles. The summed E-state index contributed by atoms with van der Waals surface area (Å²) in [5.41, 5.74) is 6.43. The summed E-state index contributed by atoms with van der Waals surface area (Å²) < 4.78 is 6.12. The minimum absolute atomic E-state index is 0.458. The molecule has 2 N–H and O–H groups in total. The van der Waals surface area contributed by atoms with Gasteiger partial charge in [-0.05, 0) is 28.1 Å². The lowest BCUT2D eigenvalue weighted by atomic mass is 10.1. The predicted octanol–water partition coefficient (Wildman–Crippen LogP) is 2.81. The van der Waals surface area contributed by atoms with Crippen molar-refractivity contribution in [1.29, 1.82) is 0 Å². The summed E-state index contributed by atoms with van der Waals surface area (Å²) >= 11 is 3.28. The van der Waals surface area contributed by atoms with Crippen molar-refractivity contribution < 1.29 is 9.21 Å². The van der Waals surface area contributed by atoms with E-state index in [-0.39, 0.29) is 0 Å². The van der Waals surface area contributed by atoms with Crippen LogP contribution in [0.3, 0.4) is 0 Å². The molecule has 15 heavy (non-hydrogen) atoms. The van der Waals surface area contributed by atoms with Crippen molar-refractivity contribution in [3.63, 3.8) is 0 Å². The number of benzene rings is 1. The second-order valence-corrected chi connectivity index (χ2v) is 3.95. The highest BCUT2D eigenvalue weighted by atomic mass is 79.9. The molecule has 2 aromatic rings. The quantitative estimate of drug-likeness (QED) is 0.908. The summed E-state index contributed by atoms with van der Waals surface area (Å²) in [7, 11) is 0. The molecule has 0 saturated heterocycles. The maximum absolute atomic E-state index is 11.2. The van der Waals surface area contributed by atoms with E-state index in [2.05, 4.69) is 15.9 Å². The van der Waals surface area contributed by atoms with Crippen LogP contribution in [0.15, 0.2) is 45.5 Å². The predicted molar refractivity (Wildman–Crippen MR) is 60.4 cm³/mol. The van der Waals surface area contributed by atoms with Gasteiger partial charge in [0.05, 0.1) is 10.0 Å². The molecule has 76 valence electrons. The highest BCUT2D eigenvalue weighted by molar-refractivity contribution is 9.10. The van der Waals surface area contributed by atoms with Gasteiger partial charge in [0.2, 0.25) is 5.91 Å². The number of rotatable bonds is 2. The molecule has 0 fully saturated rings. The lowest BCUT2D eigenvalue weighted by Gasteiger charge is -2.02. The maximum atomic E-state index is 11.2. The molecule has 1 aromatic carbocycles. The normalized spacial score (nSPS) is 10.2. The van der Waals surface area contributed by atoms with Crippen molar-refractivity contribution >= 4 is 21.8 Å². The number of primary amides is 1. The first-order valence-corrected chi connectivity index (χ1v) is 5.11. The van der Waals surface area contributed by atoms with Crippen LogP contribution < -0.4 is 5.73 Å². The molecule has 0 aliphatic rings. The van der Waals surface area contributed by atoms with E-state index < -0.39 is 5.91 Å². The fourth-order valence-corrected chi connectivity index (χ4v) is 1.67. The Morgan fingerprint density at radius 2 is 2.07 bits per heavy atom. The summed E-state index contributed by atoms with van der Waals surface area (Å²) in [6.07, 6.45) is 1.56. The average molecular weight is 266 g/mol. The number of hydrogen-bond donors (Lipinski definition) is 1. The van der Waals surface area contributed by atoms with Crippen molar-refractivity contribution in [2.75, 3.05) is 0 Å². The summed E-state index contributed by atoms with van der Waals surface area (Å²) in [6.45, 7) is 0. The lowest BCUT2D eigenvalue weighted by Crippen LogP contribution is -2.11. The Hall–Kier alpha value is -1.55. The number of halogens is 1. The number of amides is 1. The van der Waals surface area contributed by atoms with Crippen LogP contribution in [0.25, 0.3) is 11.3 Å². The smallest absolute Gasteiger partial charge is 0.249 e. The van der Waals surface area contributed by atoms with Gasteiger partial charge in [-0.25, -0.2) is 0 Å². The highest BCUT2D eigenvalue weighted by Crippen LogP contribution is 2.27. The maximum Gasteiger partial charge on any atom is 0.249 e. The molecule has 4 heteroatoms. The van der Waals surface area contributed by atoms with E-state index in [0.29, 0.717) is 16.9 Å². The topological polar surface area (TPSA) is 56.2 Å². The molecule has 0 saturated carbocycles. The minimum atomic E-state index is -0.460. The Kier molecular flexibility index (Phi) is 2.60. The van der Waals surface area contributed by atoms with Gasteiger partial charge in [0, 0.05) is 5.56 Å². The van der Waals surface area contributed by atoms with E-state index in [9.17, 15) is 4.79 Å². The lowest BCUT2D eigenvalue weighted by molar-refractivity contribution is 0.100. The fraction of sp³-hybridized carbons (Fsp3) is 0. The van der Waals surface area contributed by atoms with Crippen LogP contribution in [0.5, 0.6) is 0 Å². The molecule has 0 bridgehead atoms. The Morgan fingerprint density at radius 1 is 1.33 bits per heavy atom. The zero-order valence-electron chi connectivity index (χ0n) is 7.74. The first kappa shape index (κ1) is 9.98. The summed E-state index contributed by atoms with van der Waals surface area (Å²) in [5, 5.41) is 0. The second-order valence-electron chi connectivity index (χ2n) is 3.04. The largest absolute Gasteiger partial charge is 0.463 e. The second kappa shape index (κ2) is 3.90. The van der Waals surface area contributed by atoms with Crippen LogP contribution in [0, 0.1) is 0 Å². The molecule has 3 nitrogen and oxygen atoms in total. The standard InChI is InChI=1S/C11H8BrNO2/c12-7-5-10(15-6-7)8-3-1-2-4-9(8)11(13)14/h1-6H,(H2,13,14). The molecular weight excluding hydrogens is 258 g/mol. The molecule has 0 spiro atoms. The van der Waals surface area contributed by atoms with Gasteiger partial charge in [-0.2, -0.15) is 0 Å². The van der Waals surface area contributed by atoms with Gasteiger partial charge in [-0.1, -0.05) is 18.2 Å². The van der Waals surface area contributed by atoms with Gasteiger partial charge in [0.15, 0.2) is 0 Å². The number of nitrogens with two attached hydrogens (primary N) is 1. The van der Waals surface area contributed by atoms with Crippen LogP contribution in [0.2, 0.25) is 0 Å². The van der Waals surface area contributed by atoms with Crippen LogP contribution in [-0.4, -0.2) is 5.91 Å². The Morgan fingerprint density at radius 3 is 2.67 bits per heavy atom. The third-order valence-corrected chi connectivity index (χ3v) is 2.44. The number of carbonyl (C=O) groups excluding carboxylic acids is 1. The molecular formula is C11H8BrNO2. The molecule has 1 heterocycles. The summed E-state index contributed by atoms with van der Waals surface area (Å²) in [4.78, 5) is 11.2. The number of hydrogen-bond acceptors (Lipinski definition) is 2. The molecule has 1 amide bonds. The zero-order chi connectivity index (χ0) is 10.8. The monoisotopic (exact) mass is 265 g/mol. The zero-order valence-corrected chi connectivity index (χ0v) is 9.32. The van der Waals surface area contributed by atoms with Crippen LogP contribution in [0.4, 0.5) is 0 Å². The van der Waals surface area contributed by atoms with Crippen molar-refractivity contribution in [3.05, 3.63) is 46.6 Å². The van der Waals surface area contributed by atoms with E-state index in [1.54, 1.807) is 30.5 Å². The van der Waals surface area contributed by atoms with Gasteiger partial charge in [0.1, 0.15) is 12.0 Å². The van der Waals surface area contributed by atoms with Crippen molar-refractivity contribution in [3.8, 4) is 11.3 Å². The molecule has 1 aromatic heterocycles. The molecule has 0 unspecified atom stereocenters. The third kappa shape index (κ3) is 1.94. The fourth-order valence-electron chi connectivity index (χ4n) is 1.37. The van der Waals surface area contributed by atoms with Gasteiger partial charge in [-0.15, -0.1) is 0 Å². The van der Waals surface area contributed by atoms with E-state index >= 15 is 0 Å². The molecule has 0 radical (unpaired) electrons. The van der Waals surface area contributed by atoms with Crippen molar-refractivity contribution in [1.82, 2.24) is 0 Å². The van der Waals surface area contributed by atoms with E-state index in [4.69, 9.17) is 10.2 Å². The van der Waals surface area contributed by atoms with Crippen LogP contribution >= 0.6 is 15.9 Å². The summed E-state index contributed by atoms with van der Waals surface area (Å²) in [6, 6.07) is 8.86. The summed E-state index contributed by atoms with van der Waals surface area (Å²) in [5.74, 6) is 0.161. The highest BCUT2D eigenvalue weighted by Gasteiger charge is 2.11. The van der Waals surface area contributed by atoms with E-state index in [1.165, 1.54) is 0 Å². The Bertz CT molecular complexity index is 505. The Labute approximate surface area is 95.0 Å². The SMILES string of the molecule is NC(=O)c1ccccc1-c1cc(Br)co1. The Balaban J connectivity index is 2.57. The third-order valence-electron chi connectivity index (χ3n) is 2.03. The van der Waals surface area contributed by atoms with Crippen LogP contribution in [-0.2, 0) is 0 Å². The van der Waals surface area contributed by atoms with Gasteiger partial charge in [-0.3, -0.25) is 4.79 Å². The molecule has 0 aliphatic heterocycles. The number of carbonyl (C=O) groups is 1. The first-order valence-electron chi connectivity index (χ1n) is 4.31. The number of furan rings is 1. The van der Waals surface area contributed by atoms with E-state index in [1.807, 2.05) is 6.07 Å². The average Bonchev–Trinajstić information content (AvgIpc) is 2.65. The van der Waals surface area contributed by atoms with E-state index in [0.717, 1.165) is 4.47 Å². The molecule has 0 atom stereocenters. The van der Waals surface area contributed by atoms with Crippen molar-refractivity contribution in [2.24, 2.45) is 5.73 Å². The van der Waals surface area contributed by atoms with Gasteiger partial charge < -0.3 is 10.2 Å². The van der Waals surface area contributed by atoms with Gasteiger partial charge in [0.25, 0.3) is 0 Å². The van der Waals surface area contributed by atoms with Crippen molar-refractivity contribution in [2.45, 2.75) is 0 Å². The van der Waals surface area contributed by atoms with Gasteiger partial charge >= 0.3 is 0 Å². The minimum Gasteiger partial charge on any atom is -0.463 e.